The van der Waals surface area contributed by atoms with Gasteiger partial charge in [-0.2, -0.15) is 9.61 Å². The average molecular weight is 273 g/mol. The molecule has 98 valence electrons. The molecular formula is C13H15N5S. The van der Waals surface area contributed by atoms with Crippen molar-refractivity contribution in [3.8, 4) is 0 Å². The second-order valence-corrected chi connectivity index (χ2v) is 5.72. The highest BCUT2D eigenvalue weighted by Gasteiger charge is 2.18. The minimum atomic E-state index is -0.215. The van der Waals surface area contributed by atoms with Crippen LogP contribution in [-0.2, 0) is 0 Å². The second kappa shape index (κ2) is 4.71. The summed E-state index contributed by atoms with van der Waals surface area (Å²) in [5, 5.41) is 13.7. The molecule has 3 aromatic rings. The molecule has 2 N–H and O–H groups in total. The zero-order valence-electron chi connectivity index (χ0n) is 10.8. The van der Waals surface area contributed by atoms with Crippen LogP contribution in [0.15, 0.2) is 30.3 Å². The summed E-state index contributed by atoms with van der Waals surface area (Å²) >= 11 is 1.49. The Kier molecular flexibility index (Phi) is 3.04. The summed E-state index contributed by atoms with van der Waals surface area (Å²) in [5.41, 5.74) is 7.31. The Morgan fingerprint density at radius 3 is 2.58 bits per heavy atom. The lowest BCUT2D eigenvalue weighted by Gasteiger charge is -2.07. The fourth-order valence-corrected chi connectivity index (χ4v) is 2.81. The molecule has 0 saturated carbocycles. The van der Waals surface area contributed by atoms with Crippen LogP contribution in [0.1, 0.15) is 42.2 Å². The number of nitrogens with zero attached hydrogens (tertiary/aromatic N) is 4. The van der Waals surface area contributed by atoms with Crippen LogP contribution >= 0.6 is 11.3 Å². The molecule has 0 amide bonds. The monoisotopic (exact) mass is 273 g/mol. The minimum absolute atomic E-state index is 0.215. The molecule has 0 radical (unpaired) electrons. The molecule has 0 saturated heterocycles. The van der Waals surface area contributed by atoms with E-state index in [0.29, 0.717) is 0 Å². The van der Waals surface area contributed by atoms with Crippen molar-refractivity contribution < 1.29 is 0 Å². The van der Waals surface area contributed by atoms with Crippen molar-refractivity contribution in [1.29, 1.82) is 0 Å². The highest BCUT2D eigenvalue weighted by Crippen LogP contribution is 2.25. The second-order valence-electron chi connectivity index (χ2n) is 4.74. The van der Waals surface area contributed by atoms with Crippen LogP contribution in [0, 0.1) is 0 Å². The van der Waals surface area contributed by atoms with Gasteiger partial charge in [-0.15, -0.1) is 10.2 Å². The summed E-state index contributed by atoms with van der Waals surface area (Å²) < 4.78 is 1.80. The molecule has 2 aromatic heterocycles. The van der Waals surface area contributed by atoms with Crippen molar-refractivity contribution in [3.63, 3.8) is 0 Å². The Morgan fingerprint density at radius 2 is 1.89 bits per heavy atom. The molecule has 5 nitrogen and oxygen atoms in total. The van der Waals surface area contributed by atoms with Crippen molar-refractivity contribution in [2.24, 2.45) is 5.73 Å². The van der Waals surface area contributed by atoms with E-state index in [1.807, 2.05) is 30.3 Å². The number of benzene rings is 1. The SMILES string of the molecule is CC(C)c1nnc2sc(C(N)c3ccccc3)nn12. The average Bonchev–Trinajstić information content (AvgIpc) is 2.98. The predicted molar refractivity (Wildman–Crippen MR) is 75.2 cm³/mol. The molecule has 2 heterocycles. The van der Waals surface area contributed by atoms with E-state index in [9.17, 15) is 0 Å². The Bertz CT molecular complexity index is 685. The van der Waals surface area contributed by atoms with Gasteiger partial charge in [0.25, 0.3) is 0 Å². The summed E-state index contributed by atoms with van der Waals surface area (Å²) in [6.07, 6.45) is 0. The largest absolute Gasteiger partial charge is 0.318 e. The van der Waals surface area contributed by atoms with Crippen molar-refractivity contribution >= 4 is 16.3 Å². The normalized spacial score (nSPS) is 13.3. The number of aromatic nitrogens is 4. The number of hydrogen-bond acceptors (Lipinski definition) is 5. The zero-order chi connectivity index (χ0) is 13.4. The van der Waals surface area contributed by atoms with Crippen molar-refractivity contribution in [1.82, 2.24) is 19.8 Å². The molecule has 1 unspecified atom stereocenters. The van der Waals surface area contributed by atoms with Crippen LogP contribution in [0.25, 0.3) is 4.96 Å². The highest BCUT2D eigenvalue weighted by molar-refractivity contribution is 7.16. The Labute approximate surface area is 115 Å². The maximum Gasteiger partial charge on any atom is 0.234 e. The lowest BCUT2D eigenvalue weighted by atomic mass is 10.1. The number of rotatable bonds is 3. The lowest BCUT2D eigenvalue weighted by molar-refractivity contribution is 0.707. The fourth-order valence-electron chi connectivity index (χ4n) is 1.94. The van der Waals surface area contributed by atoms with Crippen LogP contribution in [0.2, 0.25) is 0 Å². The van der Waals surface area contributed by atoms with Gasteiger partial charge in [-0.25, -0.2) is 0 Å². The first kappa shape index (κ1) is 12.3. The first-order chi connectivity index (χ1) is 9.16. The van der Waals surface area contributed by atoms with Gasteiger partial charge in [-0.3, -0.25) is 0 Å². The van der Waals surface area contributed by atoms with Gasteiger partial charge >= 0.3 is 0 Å². The van der Waals surface area contributed by atoms with E-state index in [-0.39, 0.29) is 12.0 Å². The van der Waals surface area contributed by atoms with E-state index in [1.54, 1.807) is 4.52 Å². The van der Waals surface area contributed by atoms with Gasteiger partial charge in [0.1, 0.15) is 5.01 Å². The Balaban J connectivity index is 2.02. The molecule has 0 bridgehead atoms. The quantitative estimate of drug-likeness (QED) is 0.795. The smallest absolute Gasteiger partial charge is 0.234 e. The summed E-state index contributed by atoms with van der Waals surface area (Å²) in [7, 11) is 0. The minimum Gasteiger partial charge on any atom is -0.318 e. The molecule has 3 rings (SSSR count). The summed E-state index contributed by atoms with van der Waals surface area (Å²) in [6, 6.07) is 9.75. The van der Waals surface area contributed by atoms with Crippen molar-refractivity contribution in [2.45, 2.75) is 25.8 Å². The van der Waals surface area contributed by atoms with Crippen LogP contribution in [0.3, 0.4) is 0 Å². The molecule has 6 heteroatoms. The van der Waals surface area contributed by atoms with E-state index in [0.717, 1.165) is 21.4 Å². The number of hydrogen-bond donors (Lipinski definition) is 1. The highest BCUT2D eigenvalue weighted by atomic mass is 32.1. The molecule has 1 aromatic carbocycles. The molecule has 19 heavy (non-hydrogen) atoms. The fraction of sp³-hybridized carbons (Fsp3) is 0.308. The first-order valence-corrected chi connectivity index (χ1v) is 7.01. The maximum atomic E-state index is 6.25. The zero-order valence-corrected chi connectivity index (χ0v) is 11.6. The molecular weight excluding hydrogens is 258 g/mol. The van der Waals surface area contributed by atoms with Gasteiger partial charge in [0.05, 0.1) is 6.04 Å². The van der Waals surface area contributed by atoms with Gasteiger partial charge in [-0.05, 0) is 5.56 Å². The Morgan fingerprint density at radius 1 is 1.16 bits per heavy atom. The van der Waals surface area contributed by atoms with E-state index in [2.05, 4.69) is 29.1 Å². The number of nitrogens with two attached hydrogens (primary N) is 1. The van der Waals surface area contributed by atoms with Gasteiger partial charge in [-0.1, -0.05) is 55.5 Å². The molecule has 1 atom stereocenters. The Hall–Kier alpha value is -1.79. The standard InChI is InChI=1S/C13H15N5S/c1-8(2)11-15-16-13-18(11)17-12(19-13)10(14)9-6-4-3-5-7-9/h3-8,10H,14H2,1-2H3. The molecule has 0 aliphatic carbocycles. The van der Waals surface area contributed by atoms with E-state index >= 15 is 0 Å². The third-order valence-electron chi connectivity index (χ3n) is 2.97. The van der Waals surface area contributed by atoms with Crippen LogP contribution in [0.5, 0.6) is 0 Å². The predicted octanol–water partition coefficient (Wildman–Crippen LogP) is 2.36. The maximum absolute atomic E-state index is 6.25. The van der Waals surface area contributed by atoms with E-state index in [1.165, 1.54) is 11.3 Å². The summed E-state index contributed by atoms with van der Waals surface area (Å²) in [4.78, 5) is 0.796. The summed E-state index contributed by atoms with van der Waals surface area (Å²) in [5.74, 6) is 1.16. The van der Waals surface area contributed by atoms with Crippen LogP contribution < -0.4 is 5.73 Å². The molecule has 0 aliphatic rings. The van der Waals surface area contributed by atoms with Crippen LogP contribution in [-0.4, -0.2) is 19.8 Å². The molecule has 0 fully saturated rings. The topological polar surface area (TPSA) is 69.1 Å². The van der Waals surface area contributed by atoms with Crippen molar-refractivity contribution in [3.05, 3.63) is 46.7 Å². The number of fused-ring (bicyclic) bond motifs is 1. The van der Waals surface area contributed by atoms with E-state index in [4.69, 9.17) is 5.73 Å². The lowest BCUT2D eigenvalue weighted by Crippen LogP contribution is -2.12. The first-order valence-electron chi connectivity index (χ1n) is 6.19. The van der Waals surface area contributed by atoms with E-state index < -0.39 is 0 Å². The molecule has 0 aliphatic heterocycles. The van der Waals surface area contributed by atoms with Gasteiger partial charge in [0, 0.05) is 5.92 Å². The third kappa shape index (κ3) is 2.13. The van der Waals surface area contributed by atoms with Crippen molar-refractivity contribution in [2.75, 3.05) is 0 Å². The summed E-state index contributed by atoms with van der Waals surface area (Å²) in [6.45, 7) is 4.15. The third-order valence-corrected chi connectivity index (χ3v) is 3.95. The van der Waals surface area contributed by atoms with Gasteiger partial charge < -0.3 is 5.73 Å². The van der Waals surface area contributed by atoms with Crippen LogP contribution in [0.4, 0.5) is 0 Å². The van der Waals surface area contributed by atoms with Gasteiger partial charge in [0.15, 0.2) is 5.82 Å². The molecule has 0 spiro atoms. The van der Waals surface area contributed by atoms with Gasteiger partial charge in [0.2, 0.25) is 4.96 Å².